The third-order valence-corrected chi connectivity index (χ3v) is 3.40. The van der Waals surface area contributed by atoms with Gasteiger partial charge in [-0.25, -0.2) is 0 Å². The highest BCUT2D eigenvalue weighted by atomic mass is 32.2. The molecular weight excluding hydrogens is 182 g/mol. The standard InChI is InChI=1S/C10H13NOS/c1-8-9(12)4-2-5-10(8)13-7-3-6-11/h2-5,7H2,1H3. The van der Waals surface area contributed by atoms with Crippen molar-refractivity contribution in [3.05, 3.63) is 10.5 Å². The molecule has 0 unspecified atom stereocenters. The van der Waals surface area contributed by atoms with Gasteiger partial charge in [0.1, 0.15) is 0 Å². The van der Waals surface area contributed by atoms with E-state index in [4.69, 9.17) is 5.26 Å². The van der Waals surface area contributed by atoms with Crippen LogP contribution in [0.4, 0.5) is 0 Å². The van der Waals surface area contributed by atoms with Crippen molar-refractivity contribution in [2.24, 2.45) is 0 Å². The van der Waals surface area contributed by atoms with E-state index in [1.165, 1.54) is 4.91 Å². The quantitative estimate of drug-likeness (QED) is 0.650. The van der Waals surface area contributed by atoms with E-state index in [9.17, 15) is 4.79 Å². The second-order valence-corrected chi connectivity index (χ2v) is 4.27. The van der Waals surface area contributed by atoms with E-state index in [0.29, 0.717) is 12.8 Å². The molecule has 0 heterocycles. The van der Waals surface area contributed by atoms with Crippen LogP contribution in [0.2, 0.25) is 0 Å². The molecule has 0 bridgehead atoms. The molecule has 70 valence electrons. The minimum absolute atomic E-state index is 0.283. The summed E-state index contributed by atoms with van der Waals surface area (Å²) in [5.41, 5.74) is 0.925. The number of thioether (sulfide) groups is 1. The molecule has 0 spiro atoms. The molecule has 0 aromatic rings. The fourth-order valence-corrected chi connectivity index (χ4v) is 2.40. The first-order chi connectivity index (χ1) is 6.25. The van der Waals surface area contributed by atoms with Crippen LogP contribution in [0.15, 0.2) is 10.5 Å². The molecule has 13 heavy (non-hydrogen) atoms. The first kappa shape index (κ1) is 10.3. The summed E-state index contributed by atoms with van der Waals surface area (Å²) in [6.07, 6.45) is 3.27. The van der Waals surface area contributed by atoms with E-state index in [1.807, 2.05) is 6.92 Å². The van der Waals surface area contributed by atoms with Gasteiger partial charge in [-0.05, 0) is 24.7 Å². The maximum Gasteiger partial charge on any atom is 0.159 e. The number of allylic oxidation sites excluding steroid dienone is 2. The molecule has 0 saturated heterocycles. The molecule has 2 nitrogen and oxygen atoms in total. The Bertz CT molecular complexity index is 275. The predicted molar refractivity (Wildman–Crippen MR) is 54.2 cm³/mol. The average molecular weight is 195 g/mol. The Morgan fingerprint density at radius 2 is 2.31 bits per heavy atom. The van der Waals surface area contributed by atoms with Crippen LogP contribution >= 0.6 is 11.8 Å². The number of ketones is 1. The maximum atomic E-state index is 11.3. The number of hydrogen-bond acceptors (Lipinski definition) is 3. The van der Waals surface area contributed by atoms with Crippen molar-refractivity contribution in [2.75, 3.05) is 5.75 Å². The zero-order valence-corrected chi connectivity index (χ0v) is 8.62. The van der Waals surface area contributed by atoms with Gasteiger partial charge in [-0.15, -0.1) is 11.8 Å². The lowest BCUT2D eigenvalue weighted by Gasteiger charge is -2.15. The second kappa shape index (κ2) is 5.08. The summed E-state index contributed by atoms with van der Waals surface area (Å²) in [5.74, 6) is 1.10. The minimum Gasteiger partial charge on any atom is -0.295 e. The molecule has 0 fully saturated rings. The van der Waals surface area contributed by atoms with E-state index >= 15 is 0 Å². The van der Waals surface area contributed by atoms with Crippen LogP contribution in [0.5, 0.6) is 0 Å². The Kier molecular flexibility index (Phi) is 4.04. The number of nitriles is 1. The number of carbonyl (C=O) groups is 1. The van der Waals surface area contributed by atoms with Crippen molar-refractivity contribution in [3.63, 3.8) is 0 Å². The highest BCUT2D eigenvalue weighted by Gasteiger charge is 2.16. The molecule has 0 aliphatic heterocycles. The topological polar surface area (TPSA) is 40.9 Å². The van der Waals surface area contributed by atoms with E-state index in [2.05, 4.69) is 6.07 Å². The Labute approximate surface area is 83.0 Å². The zero-order valence-electron chi connectivity index (χ0n) is 7.80. The molecule has 0 N–H and O–H groups in total. The highest BCUT2D eigenvalue weighted by molar-refractivity contribution is 8.03. The number of carbonyl (C=O) groups excluding carboxylic acids is 1. The van der Waals surface area contributed by atoms with Crippen LogP contribution < -0.4 is 0 Å². The number of rotatable bonds is 3. The van der Waals surface area contributed by atoms with Gasteiger partial charge >= 0.3 is 0 Å². The Morgan fingerprint density at radius 1 is 1.54 bits per heavy atom. The molecule has 0 atom stereocenters. The normalized spacial score (nSPS) is 17.4. The highest BCUT2D eigenvalue weighted by Crippen LogP contribution is 2.30. The van der Waals surface area contributed by atoms with Gasteiger partial charge < -0.3 is 0 Å². The number of nitrogens with zero attached hydrogens (tertiary/aromatic N) is 1. The minimum atomic E-state index is 0.283. The lowest BCUT2D eigenvalue weighted by Crippen LogP contribution is -2.07. The maximum absolute atomic E-state index is 11.3. The molecule has 0 aromatic heterocycles. The summed E-state index contributed by atoms with van der Waals surface area (Å²) < 4.78 is 0. The summed E-state index contributed by atoms with van der Waals surface area (Å²) in [6, 6.07) is 2.10. The molecule has 1 aliphatic rings. The number of Topliss-reactive ketones (excluding diaryl/α,β-unsaturated/α-hetero) is 1. The fraction of sp³-hybridized carbons (Fsp3) is 0.600. The second-order valence-electron chi connectivity index (χ2n) is 3.08. The molecule has 0 aromatic carbocycles. The van der Waals surface area contributed by atoms with Gasteiger partial charge in [-0.3, -0.25) is 4.79 Å². The van der Waals surface area contributed by atoms with Crippen LogP contribution in [-0.2, 0) is 4.79 Å². The van der Waals surface area contributed by atoms with E-state index in [1.54, 1.807) is 11.8 Å². The third-order valence-electron chi connectivity index (χ3n) is 2.13. The van der Waals surface area contributed by atoms with Gasteiger partial charge in [0.05, 0.1) is 6.07 Å². The zero-order chi connectivity index (χ0) is 9.68. The van der Waals surface area contributed by atoms with Crippen molar-refractivity contribution in [2.45, 2.75) is 32.6 Å². The van der Waals surface area contributed by atoms with Crippen LogP contribution in [-0.4, -0.2) is 11.5 Å². The van der Waals surface area contributed by atoms with Gasteiger partial charge in [0, 0.05) is 24.2 Å². The fourth-order valence-electron chi connectivity index (χ4n) is 1.34. The van der Waals surface area contributed by atoms with Crippen molar-refractivity contribution < 1.29 is 4.79 Å². The summed E-state index contributed by atoms with van der Waals surface area (Å²) in [6.45, 7) is 1.90. The summed E-state index contributed by atoms with van der Waals surface area (Å²) in [5, 5.41) is 8.37. The molecule has 3 heteroatoms. The van der Waals surface area contributed by atoms with Gasteiger partial charge in [-0.2, -0.15) is 5.26 Å². The molecule has 0 radical (unpaired) electrons. The SMILES string of the molecule is CC1=C(SCCC#N)CCCC1=O. The Balaban J connectivity index is 2.52. The number of hydrogen-bond donors (Lipinski definition) is 0. The molecule has 0 saturated carbocycles. The van der Waals surface area contributed by atoms with Crippen LogP contribution in [0.1, 0.15) is 32.6 Å². The summed E-state index contributed by atoms with van der Waals surface area (Å²) in [4.78, 5) is 12.5. The lowest BCUT2D eigenvalue weighted by atomic mass is 9.99. The van der Waals surface area contributed by atoms with Crippen LogP contribution in [0, 0.1) is 11.3 Å². The Hall–Kier alpha value is -0.750. The summed E-state index contributed by atoms with van der Waals surface area (Å²) >= 11 is 1.67. The monoisotopic (exact) mass is 195 g/mol. The van der Waals surface area contributed by atoms with E-state index in [-0.39, 0.29) is 5.78 Å². The predicted octanol–water partition coefficient (Wildman–Crippen LogP) is 2.66. The van der Waals surface area contributed by atoms with Gasteiger partial charge in [0.2, 0.25) is 0 Å². The van der Waals surface area contributed by atoms with E-state index in [0.717, 1.165) is 24.2 Å². The first-order valence-electron chi connectivity index (χ1n) is 4.48. The first-order valence-corrected chi connectivity index (χ1v) is 5.47. The third kappa shape index (κ3) is 2.89. The van der Waals surface area contributed by atoms with Gasteiger partial charge in [0.25, 0.3) is 0 Å². The summed E-state index contributed by atoms with van der Waals surface area (Å²) in [7, 11) is 0. The van der Waals surface area contributed by atoms with E-state index < -0.39 is 0 Å². The van der Waals surface area contributed by atoms with Crippen molar-refractivity contribution in [1.82, 2.24) is 0 Å². The van der Waals surface area contributed by atoms with Crippen molar-refractivity contribution >= 4 is 17.5 Å². The van der Waals surface area contributed by atoms with Crippen molar-refractivity contribution in [1.29, 1.82) is 5.26 Å². The van der Waals surface area contributed by atoms with Crippen LogP contribution in [0.25, 0.3) is 0 Å². The molecule has 0 amide bonds. The largest absolute Gasteiger partial charge is 0.295 e. The average Bonchev–Trinajstić information content (AvgIpc) is 2.13. The smallest absolute Gasteiger partial charge is 0.159 e. The molecule has 1 aliphatic carbocycles. The van der Waals surface area contributed by atoms with Crippen LogP contribution in [0.3, 0.4) is 0 Å². The van der Waals surface area contributed by atoms with Gasteiger partial charge in [-0.1, -0.05) is 0 Å². The van der Waals surface area contributed by atoms with Gasteiger partial charge in [0.15, 0.2) is 5.78 Å². The molecular formula is C10H13NOS. The molecule has 1 rings (SSSR count). The lowest BCUT2D eigenvalue weighted by molar-refractivity contribution is -0.115. The Morgan fingerprint density at radius 3 is 3.00 bits per heavy atom. The van der Waals surface area contributed by atoms with Crippen molar-refractivity contribution in [3.8, 4) is 6.07 Å².